The molecule has 2 nitrogen and oxygen atoms in total. The van der Waals surface area contributed by atoms with Gasteiger partial charge in [-0.05, 0) is 41.8 Å². The number of pyridine rings is 1. The maximum absolute atomic E-state index is 4.16. The molecular formula is C15H18N2. The fraction of sp³-hybridized carbons (Fsp3) is 0.400. The van der Waals surface area contributed by atoms with Crippen LogP contribution in [-0.4, -0.2) is 11.5 Å². The van der Waals surface area contributed by atoms with Gasteiger partial charge in [0, 0.05) is 24.3 Å². The summed E-state index contributed by atoms with van der Waals surface area (Å²) in [6.45, 7) is 4.45. The Kier molecular flexibility index (Phi) is 2.81. The molecule has 1 aromatic heterocycles. The number of rotatable bonds is 4. The Morgan fingerprint density at radius 1 is 1.35 bits per heavy atom. The third kappa shape index (κ3) is 2.32. The molecule has 0 radical (unpaired) electrons. The van der Waals surface area contributed by atoms with E-state index in [-0.39, 0.29) is 0 Å². The largest absolute Gasteiger partial charge is 0.312 e. The van der Waals surface area contributed by atoms with Gasteiger partial charge >= 0.3 is 0 Å². The van der Waals surface area contributed by atoms with Gasteiger partial charge in [0.05, 0.1) is 0 Å². The summed E-state index contributed by atoms with van der Waals surface area (Å²) in [7, 11) is 0. The highest BCUT2D eigenvalue weighted by molar-refractivity contribution is 5.84. The summed E-state index contributed by atoms with van der Waals surface area (Å²) in [6.07, 6.45) is 5.20. The lowest BCUT2D eigenvalue weighted by Crippen LogP contribution is -2.16. The van der Waals surface area contributed by atoms with Crippen LogP contribution in [-0.2, 0) is 6.54 Å². The summed E-state index contributed by atoms with van der Waals surface area (Å²) >= 11 is 0. The second-order valence-corrected chi connectivity index (χ2v) is 5.12. The lowest BCUT2D eigenvalue weighted by molar-refractivity contribution is 0.613. The van der Waals surface area contributed by atoms with Crippen molar-refractivity contribution in [1.82, 2.24) is 10.3 Å². The van der Waals surface area contributed by atoms with Crippen LogP contribution in [0.4, 0.5) is 0 Å². The minimum absolute atomic E-state index is 0.909. The molecule has 0 bridgehead atoms. The SMILES string of the molecule is CC1CC1CNCc1cccc2cnccc12. The molecule has 2 aromatic rings. The number of hydrogen-bond acceptors (Lipinski definition) is 2. The zero-order valence-corrected chi connectivity index (χ0v) is 10.2. The van der Waals surface area contributed by atoms with Gasteiger partial charge in [-0.1, -0.05) is 25.1 Å². The molecule has 1 heterocycles. The van der Waals surface area contributed by atoms with E-state index in [4.69, 9.17) is 0 Å². The first-order valence-electron chi connectivity index (χ1n) is 6.37. The number of fused-ring (bicyclic) bond motifs is 1. The molecule has 1 aliphatic rings. The highest BCUT2D eigenvalue weighted by Gasteiger charge is 2.31. The first-order chi connectivity index (χ1) is 8.34. The van der Waals surface area contributed by atoms with Crippen molar-refractivity contribution >= 4 is 10.8 Å². The molecule has 0 aliphatic heterocycles. The Hall–Kier alpha value is -1.41. The van der Waals surface area contributed by atoms with Crippen molar-refractivity contribution < 1.29 is 0 Å². The standard InChI is InChI=1S/C15H18N2/c1-11-7-14(11)10-17-9-13-4-2-3-12-8-16-6-5-15(12)13/h2-6,8,11,14,17H,7,9-10H2,1H3. The van der Waals surface area contributed by atoms with Gasteiger partial charge < -0.3 is 5.32 Å². The number of aromatic nitrogens is 1. The molecule has 1 aromatic carbocycles. The van der Waals surface area contributed by atoms with E-state index in [1.54, 1.807) is 0 Å². The number of benzene rings is 1. The van der Waals surface area contributed by atoms with Gasteiger partial charge in [-0.3, -0.25) is 4.98 Å². The van der Waals surface area contributed by atoms with Gasteiger partial charge in [-0.2, -0.15) is 0 Å². The average molecular weight is 226 g/mol. The monoisotopic (exact) mass is 226 g/mol. The maximum atomic E-state index is 4.16. The van der Waals surface area contributed by atoms with E-state index in [1.165, 1.54) is 22.8 Å². The summed E-state index contributed by atoms with van der Waals surface area (Å²) in [5.41, 5.74) is 1.37. The van der Waals surface area contributed by atoms with E-state index in [9.17, 15) is 0 Å². The molecule has 1 aliphatic carbocycles. The van der Waals surface area contributed by atoms with Crippen LogP contribution in [0.5, 0.6) is 0 Å². The maximum Gasteiger partial charge on any atom is 0.0346 e. The molecule has 0 saturated heterocycles. The lowest BCUT2D eigenvalue weighted by Gasteiger charge is -2.07. The van der Waals surface area contributed by atoms with Crippen molar-refractivity contribution in [2.24, 2.45) is 11.8 Å². The molecular weight excluding hydrogens is 208 g/mol. The Balaban J connectivity index is 1.71. The normalized spacial score (nSPS) is 22.9. The van der Waals surface area contributed by atoms with Crippen LogP contribution < -0.4 is 5.32 Å². The summed E-state index contributed by atoms with van der Waals surface area (Å²) in [6, 6.07) is 8.54. The molecule has 88 valence electrons. The zero-order chi connectivity index (χ0) is 11.7. The summed E-state index contributed by atoms with van der Waals surface area (Å²) in [5.74, 6) is 1.84. The van der Waals surface area contributed by atoms with Gasteiger partial charge in [0.2, 0.25) is 0 Å². The van der Waals surface area contributed by atoms with E-state index in [1.807, 2.05) is 12.4 Å². The van der Waals surface area contributed by atoms with Gasteiger partial charge in [0.25, 0.3) is 0 Å². The second-order valence-electron chi connectivity index (χ2n) is 5.12. The molecule has 1 saturated carbocycles. The molecule has 3 rings (SSSR count). The van der Waals surface area contributed by atoms with E-state index >= 15 is 0 Å². The van der Waals surface area contributed by atoms with Crippen LogP contribution in [0.3, 0.4) is 0 Å². The topological polar surface area (TPSA) is 24.9 Å². The van der Waals surface area contributed by atoms with Gasteiger partial charge in [0.15, 0.2) is 0 Å². The van der Waals surface area contributed by atoms with Gasteiger partial charge in [-0.15, -0.1) is 0 Å². The minimum atomic E-state index is 0.909. The summed E-state index contributed by atoms with van der Waals surface area (Å²) in [5, 5.41) is 6.11. The van der Waals surface area contributed by atoms with Crippen LogP contribution >= 0.6 is 0 Å². The van der Waals surface area contributed by atoms with E-state index in [0.29, 0.717) is 0 Å². The number of nitrogens with one attached hydrogen (secondary N) is 1. The van der Waals surface area contributed by atoms with Crippen LogP contribution in [0.1, 0.15) is 18.9 Å². The van der Waals surface area contributed by atoms with Crippen molar-refractivity contribution in [2.45, 2.75) is 19.9 Å². The minimum Gasteiger partial charge on any atom is -0.312 e. The van der Waals surface area contributed by atoms with Crippen LogP contribution in [0, 0.1) is 11.8 Å². The Morgan fingerprint density at radius 3 is 3.06 bits per heavy atom. The quantitative estimate of drug-likeness (QED) is 0.867. The van der Waals surface area contributed by atoms with Gasteiger partial charge in [-0.25, -0.2) is 0 Å². The third-order valence-electron chi connectivity index (χ3n) is 3.77. The fourth-order valence-corrected chi connectivity index (χ4v) is 2.42. The molecule has 0 spiro atoms. The van der Waals surface area contributed by atoms with Crippen LogP contribution in [0.15, 0.2) is 36.7 Å². The molecule has 1 fully saturated rings. The Morgan fingerprint density at radius 2 is 2.24 bits per heavy atom. The summed E-state index contributed by atoms with van der Waals surface area (Å²) in [4.78, 5) is 4.16. The van der Waals surface area contributed by atoms with Gasteiger partial charge in [0.1, 0.15) is 0 Å². The molecule has 2 atom stereocenters. The molecule has 17 heavy (non-hydrogen) atoms. The van der Waals surface area contributed by atoms with Crippen LogP contribution in [0.2, 0.25) is 0 Å². The van der Waals surface area contributed by atoms with Crippen molar-refractivity contribution in [2.75, 3.05) is 6.54 Å². The Labute approximate surface area is 102 Å². The fourth-order valence-electron chi connectivity index (χ4n) is 2.42. The van der Waals surface area contributed by atoms with Crippen molar-refractivity contribution in [3.63, 3.8) is 0 Å². The van der Waals surface area contributed by atoms with Crippen molar-refractivity contribution in [3.05, 3.63) is 42.2 Å². The van der Waals surface area contributed by atoms with Crippen LogP contribution in [0.25, 0.3) is 10.8 Å². The first kappa shape index (κ1) is 10.7. The van der Waals surface area contributed by atoms with E-state index in [2.05, 4.69) is 41.5 Å². The predicted octanol–water partition coefficient (Wildman–Crippen LogP) is 2.98. The smallest absolute Gasteiger partial charge is 0.0346 e. The number of hydrogen-bond donors (Lipinski definition) is 1. The highest BCUT2D eigenvalue weighted by Crippen LogP contribution is 2.36. The molecule has 2 heteroatoms. The lowest BCUT2D eigenvalue weighted by atomic mass is 10.1. The van der Waals surface area contributed by atoms with E-state index < -0.39 is 0 Å². The third-order valence-corrected chi connectivity index (χ3v) is 3.77. The highest BCUT2D eigenvalue weighted by atomic mass is 14.9. The molecule has 0 amide bonds. The predicted molar refractivity (Wildman–Crippen MR) is 70.7 cm³/mol. The van der Waals surface area contributed by atoms with E-state index in [0.717, 1.165) is 24.9 Å². The Bertz CT molecular complexity index is 516. The van der Waals surface area contributed by atoms with Crippen molar-refractivity contribution in [3.8, 4) is 0 Å². The molecule has 2 unspecified atom stereocenters. The summed E-state index contributed by atoms with van der Waals surface area (Å²) < 4.78 is 0. The number of nitrogens with zero attached hydrogens (tertiary/aromatic N) is 1. The second kappa shape index (κ2) is 4.46. The zero-order valence-electron chi connectivity index (χ0n) is 10.2. The first-order valence-corrected chi connectivity index (χ1v) is 6.37. The average Bonchev–Trinajstić information content (AvgIpc) is 3.06. The van der Waals surface area contributed by atoms with Crippen molar-refractivity contribution in [1.29, 1.82) is 0 Å². The molecule has 1 N–H and O–H groups in total.